The molecule has 0 aromatic heterocycles. The lowest BCUT2D eigenvalue weighted by Crippen LogP contribution is -2.11. The van der Waals surface area contributed by atoms with Crippen molar-refractivity contribution in [2.45, 2.75) is 27.2 Å². The van der Waals surface area contributed by atoms with Gasteiger partial charge in [-0.3, -0.25) is 4.79 Å². The first-order chi connectivity index (χ1) is 5.11. The molecule has 0 bridgehead atoms. The smallest absolute Gasteiger partial charge is 0.341 e. The predicted octanol–water partition coefficient (Wildman–Crippen LogP) is 0.248. The quantitative estimate of drug-likeness (QED) is 0.269. The van der Waals surface area contributed by atoms with E-state index in [2.05, 4.69) is 4.74 Å². The van der Waals surface area contributed by atoms with E-state index >= 15 is 0 Å². The fraction of sp³-hybridized carbons (Fsp3) is 0.500. The first-order valence-corrected chi connectivity index (χ1v) is 3.49. The molecule has 3 nitrogen and oxygen atoms in total. The maximum absolute atomic E-state index is 10.8. The average Bonchev–Trinajstić information content (AvgIpc) is 2.02. The number of allylic oxidation sites excluding steroid dienone is 1. The van der Waals surface area contributed by atoms with Crippen molar-refractivity contribution in [3.05, 3.63) is 11.6 Å². The zero-order chi connectivity index (χ0) is 8.85. The highest BCUT2D eigenvalue weighted by Crippen LogP contribution is 1.97. The Hall–Kier alpha value is -0.588. The molecule has 0 rings (SSSR count). The van der Waals surface area contributed by atoms with Gasteiger partial charge in [0.15, 0.2) is 17.4 Å². The number of esters is 2. The van der Waals surface area contributed by atoms with Gasteiger partial charge in [0.2, 0.25) is 0 Å². The van der Waals surface area contributed by atoms with Crippen molar-refractivity contribution >= 4 is 29.3 Å². The minimum Gasteiger partial charge on any atom is -0.390 e. The van der Waals surface area contributed by atoms with E-state index < -0.39 is 11.9 Å². The van der Waals surface area contributed by atoms with E-state index in [0.29, 0.717) is 5.57 Å². The molecular weight excluding hydrogens is 171 g/mol. The Balaban J connectivity index is 0. The molecule has 0 aliphatic carbocycles. The second-order valence-corrected chi connectivity index (χ2v) is 2.09. The normalized spacial score (nSPS) is 10.1. The molecule has 0 radical (unpaired) electrons. The van der Waals surface area contributed by atoms with Crippen molar-refractivity contribution in [3.8, 4) is 0 Å². The average molecular weight is 186 g/mol. The molecular formula is C8H15AlO3. The monoisotopic (exact) mass is 186 g/mol. The van der Waals surface area contributed by atoms with E-state index in [1.165, 1.54) is 0 Å². The van der Waals surface area contributed by atoms with Crippen molar-refractivity contribution in [1.29, 1.82) is 0 Å². The van der Waals surface area contributed by atoms with Gasteiger partial charge >= 0.3 is 11.9 Å². The summed E-state index contributed by atoms with van der Waals surface area (Å²) in [5, 5.41) is 0. The molecule has 0 heterocycles. The summed E-state index contributed by atoms with van der Waals surface area (Å²) in [5.41, 5.74) is 0.451. The third-order valence-corrected chi connectivity index (χ3v) is 1.25. The van der Waals surface area contributed by atoms with Crippen LogP contribution in [-0.2, 0) is 14.3 Å². The Morgan fingerprint density at radius 3 is 2.25 bits per heavy atom. The zero-order valence-corrected chi connectivity index (χ0v) is 7.01. The van der Waals surface area contributed by atoms with Crippen LogP contribution in [0.2, 0.25) is 0 Å². The zero-order valence-electron chi connectivity index (χ0n) is 7.01. The van der Waals surface area contributed by atoms with Gasteiger partial charge in [-0.1, -0.05) is 13.0 Å². The van der Waals surface area contributed by atoms with Gasteiger partial charge < -0.3 is 4.74 Å². The molecule has 0 N–H and O–H groups in total. The second-order valence-electron chi connectivity index (χ2n) is 2.09. The molecule has 12 heavy (non-hydrogen) atoms. The minimum atomic E-state index is -0.556. The summed E-state index contributed by atoms with van der Waals surface area (Å²) in [6, 6.07) is 0. The van der Waals surface area contributed by atoms with Crippen LogP contribution in [0.1, 0.15) is 27.2 Å². The highest BCUT2D eigenvalue weighted by Gasteiger charge is 2.08. The van der Waals surface area contributed by atoms with Gasteiger partial charge in [-0.15, -0.1) is 0 Å². The van der Waals surface area contributed by atoms with E-state index in [-0.39, 0.29) is 23.8 Å². The van der Waals surface area contributed by atoms with Gasteiger partial charge in [0.25, 0.3) is 0 Å². The Morgan fingerprint density at radius 2 is 1.92 bits per heavy atom. The highest BCUT2D eigenvalue weighted by molar-refractivity contribution is 5.95. The van der Waals surface area contributed by atoms with Gasteiger partial charge in [-0.25, -0.2) is 4.79 Å². The molecule has 68 valence electrons. The van der Waals surface area contributed by atoms with Crippen LogP contribution in [0, 0.1) is 0 Å². The maximum Gasteiger partial charge on any atom is 0.341 e. The van der Waals surface area contributed by atoms with Crippen LogP contribution < -0.4 is 0 Å². The summed E-state index contributed by atoms with van der Waals surface area (Å²) < 4.78 is 4.41. The van der Waals surface area contributed by atoms with E-state index in [9.17, 15) is 9.59 Å². The molecule has 0 atom stereocenters. The van der Waals surface area contributed by atoms with Crippen LogP contribution in [0.3, 0.4) is 0 Å². The highest BCUT2D eigenvalue weighted by atomic mass is 27.0. The number of hydrogen-bond acceptors (Lipinski definition) is 3. The van der Waals surface area contributed by atoms with Crippen LogP contribution in [0.25, 0.3) is 0 Å². The predicted molar refractivity (Wildman–Crippen MR) is 50.8 cm³/mol. The third kappa shape index (κ3) is 5.11. The number of hydrogen-bond donors (Lipinski definition) is 0. The van der Waals surface area contributed by atoms with Gasteiger partial charge in [-0.2, -0.15) is 0 Å². The SMILES string of the molecule is CC=C(C)C(=O)OC(=O)CC.[AlH3]. The van der Waals surface area contributed by atoms with Crippen molar-refractivity contribution < 1.29 is 14.3 Å². The van der Waals surface area contributed by atoms with Crippen LogP contribution >= 0.6 is 0 Å². The fourth-order valence-electron chi connectivity index (χ4n) is 0.374. The van der Waals surface area contributed by atoms with Gasteiger partial charge in [0, 0.05) is 12.0 Å². The maximum atomic E-state index is 10.8. The van der Waals surface area contributed by atoms with Crippen LogP contribution in [0.15, 0.2) is 11.6 Å². The van der Waals surface area contributed by atoms with E-state index in [1.807, 2.05) is 0 Å². The molecule has 0 spiro atoms. The molecule has 0 aliphatic heterocycles. The van der Waals surface area contributed by atoms with Crippen molar-refractivity contribution in [2.75, 3.05) is 0 Å². The Kier molecular flexibility index (Phi) is 8.24. The lowest BCUT2D eigenvalue weighted by Gasteiger charge is -1.99. The van der Waals surface area contributed by atoms with Crippen molar-refractivity contribution in [3.63, 3.8) is 0 Å². The number of rotatable bonds is 2. The van der Waals surface area contributed by atoms with E-state index in [0.717, 1.165) is 0 Å². The van der Waals surface area contributed by atoms with Crippen LogP contribution in [0.4, 0.5) is 0 Å². The molecule has 4 heteroatoms. The van der Waals surface area contributed by atoms with Crippen molar-refractivity contribution in [1.82, 2.24) is 0 Å². The van der Waals surface area contributed by atoms with Gasteiger partial charge in [0.05, 0.1) is 0 Å². The Morgan fingerprint density at radius 1 is 1.42 bits per heavy atom. The second kappa shape index (κ2) is 7.08. The molecule has 0 aromatic rings. The fourth-order valence-corrected chi connectivity index (χ4v) is 0.374. The summed E-state index contributed by atoms with van der Waals surface area (Å²) in [6.07, 6.45) is 1.83. The topological polar surface area (TPSA) is 43.4 Å². The largest absolute Gasteiger partial charge is 0.390 e. The standard InChI is InChI=1S/C8H12O3.Al.3H/c1-4-6(3)8(10)11-7(9)5-2;;;;/h4H,5H2,1-3H3;;;;. The van der Waals surface area contributed by atoms with E-state index in [4.69, 9.17) is 0 Å². The summed E-state index contributed by atoms with van der Waals surface area (Å²) in [7, 11) is 0. The number of ether oxygens (including phenoxy) is 1. The molecule has 0 aliphatic rings. The van der Waals surface area contributed by atoms with E-state index in [1.54, 1.807) is 26.8 Å². The van der Waals surface area contributed by atoms with Crippen molar-refractivity contribution in [2.24, 2.45) is 0 Å². The molecule has 0 saturated heterocycles. The first kappa shape index (κ1) is 14.0. The summed E-state index contributed by atoms with van der Waals surface area (Å²) >= 11 is 0. The molecule has 0 aromatic carbocycles. The lowest BCUT2D eigenvalue weighted by molar-refractivity contribution is -0.156. The Labute approximate surface area is 82.9 Å². The third-order valence-electron chi connectivity index (χ3n) is 1.25. The number of carbonyl (C=O) groups is 2. The molecule has 0 unspecified atom stereocenters. The first-order valence-electron chi connectivity index (χ1n) is 3.49. The van der Waals surface area contributed by atoms with Gasteiger partial charge in [-0.05, 0) is 13.8 Å². The summed E-state index contributed by atoms with van der Waals surface area (Å²) in [4.78, 5) is 21.4. The van der Waals surface area contributed by atoms with Crippen LogP contribution in [0.5, 0.6) is 0 Å². The van der Waals surface area contributed by atoms with Gasteiger partial charge in [0.1, 0.15) is 0 Å². The number of carbonyl (C=O) groups excluding carboxylic acids is 2. The molecule has 0 amide bonds. The summed E-state index contributed by atoms with van der Waals surface area (Å²) in [5.74, 6) is -1.05. The summed E-state index contributed by atoms with van der Waals surface area (Å²) in [6.45, 7) is 4.96. The molecule has 0 saturated carbocycles. The Bertz CT molecular complexity index is 196. The lowest BCUT2D eigenvalue weighted by atomic mass is 10.3. The minimum absolute atomic E-state index is 0. The van der Waals surface area contributed by atoms with Crippen LogP contribution in [-0.4, -0.2) is 29.3 Å². The molecule has 0 fully saturated rings.